The number of benzene rings is 1. The van der Waals surface area contributed by atoms with Crippen LogP contribution in [0.5, 0.6) is 0 Å². The first-order valence-corrected chi connectivity index (χ1v) is 7.08. The van der Waals surface area contributed by atoms with Crippen LogP contribution in [0.4, 0.5) is 4.39 Å². The van der Waals surface area contributed by atoms with Gasteiger partial charge in [-0.1, -0.05) is 29.8 Å². The van der Waals surface area contributed by atoms with Gasteiger partial charge >= 0.3 is 0 Å². The van der Waals surface area contributed by atoms with Crippen molar-refractivity contribution in [3.05, 3.63) is 34.1 Å². The highest BCUT2D eigenvalue weighted by Gasteiger charge is 2.15. The van der Waals surface area contributed by atoms with E-state index in [4.69, 9.17) is 11.6 Å². The molecule has 0 aromatic heterocycles. The molecule has 18 heavy (non-hydrogen) atoms. The molecule has 0 bridgehead atoms. The van der Waals surface area contributed by atoms with E-state index in [9.17, 15) is 9.18 Å². The van der Waals surface area contributed by atoms with E-state index in [1.54, 1.807) is 6.07 Å². The summed E-state index contributed by atoms with van der Waals surface area (Å²) in [5.41, 5.74) is 0.292. The number of hydrogen-bond acceptors (Lipinski definition) is 1. The van der Waals surface area contributed by atoms with Crippen molar-refractivity contribution in [3.8, 4) is 0 Å². The Kier molecular flexibility index (Phi) is 6.09. The predicted molar refractivity (Wildman–Crippen MR) is 75.5 cm³/mol. The lowest BCUT2D eigenvalue weighted by molar-refractivity contribution is 0.0936. The van der Waals surface area contributed by atoms with Crippen LogP contribution in [0, 0.1) is 11.7 Å². The lowest BCUT2D eigenvalue weighted by atomic mass is 10.0. The fourth-order valence-corrected chi connectivity index (χ4v) is 2.35. The van der Waals surface area contributed by atoms with Gasteiger partial charge in [0.25, 0.3) is 5.91 Å². The van der Waals surface area contributed by atoms with Gasteiger partial charge in [0.15, 0.2) is 0 Å². The summed E-state index contributed by atoms with van der Waals surface area (Å²) in [6, 6.07) is 4.00. The summed E-state index contributed by atoms with van der Waals surface area (Å²) in [7, 11) is 0. The van der Waals surface area contributed by atoms with E-state index in [-0.39, 0.29) is 11.9 Å². The summed E-state index contributed by atoms with van der Waals surface area (Å²) >= 11 is 8.97. The fourth-order valence-electron chi connectivity index (χ4n) is 1.68. The van der Waals surface area contributed by atoms with Crippen LogP contribution in [0.25, 0.3) is 0 Å². The van der Waals surface area contributed by atoms with Crippen LogP contribution in [0.1, 0.15) is 30.6 Å². The van der Waals surface area contributed by atoms with Gasteiger partial charge in [0.2, 0.25) is 0 Å². The van der Waals surface area contributed by atoms with E-state index in [1.807, 2.05) is 0 Å². The van der Waals surface area contributed by atoms with Gasteiger partial charge < -0.3 is 5.32 Å². The van der Waals surface area contributed by atoms with Crippen LogP contribution in [-0.4, -0.2) is 17.8 Å². The van der Waals surface area contributed by atoms with Crippen molar-refractivity contribution < 1.29 is 9.18 Å². The Bertz CT molecular complexity index is 405. The lowest BCUT2D eigenvalue weighted by Crippen LogP contribution is -2.37. The van der Waals surface area contributed by atoms with E-state index in [2.05, 4.69) is 35.1 Å². The molecule has 1 atom stereocenters. The zero-order valence-corrected chi connectivity index (χ0v) is 12.7. The van der Waals surface area contributed by atoms with Crippen LogP contribution >= 0.6 is 27.5 Å². The molecule has 0 saturated carbocycles. The average Bonchev–Trinajstić information content (AvgIpc) is 2.26. The van der Waals surface area contributed by atoms with Crippen molar-refractivity contribution in [2.24, 2.45) is 5.92 Å². The molecular weight excluding hydrogens is 321 g/mol. The number of hydrogen-bond donors (Lipinski definition) is 1. The Balaban J connectivity index is 2.74. The van der Waals surface area contributed by atoms with E-state index >= 15 is 0 Å². The molecule has 0 radical (unpaired) electrons. The number of amides is 1. The molecular formula is C13H16BrClFNO. The van der Waals surface area contributed by atoms with Crippen LogP contribution in [0.3, 0.4) is 0 Å². The lowest BCUT2D eigenvalue weighted by Gasteiger charge is -2.18. The number of rotatable bonds is 5. The third-order valence-electron chi connectivity index (χ3n) is 2.40. The summed E-state index contributed by atoms with van der Waals surface area (Å²) in [6.07, 6.45) is 0.797. The van der Waals surface area contributed by atoms with Gasteiger partial charge in [-0.15, -0.1) is 11.6 Å². The van der Waals surface area contributed by atoms with Crippen molar-refractivity contribution in [3.63, 3.8) is 0 Å². The van der Waals surface area contributed by atoms with Gasteiger partial charge in [-0.3, -0.25) is 4.79 Å². The van der Waals surface area contributed by atoms with Gasteiger partial charge in [-0.2, -0.15) is 0 Å². The van der Waals surface area contributed by atoms with E-state index in [0.29, 0.717) is 21.8 Å². The number of halogens is 3. The SMILES string of the molecule is CC(C)CC(CCl)NC(=O)c1cc(F)cc(Br)c1. The molecule has 0 fully saturated rings. The molecule has 1 aromatic carbocycles. The Morgan fingerprint density at radius 2 is 2.11 bits per heavy atom. The normalized spacial score (nSPS) is 12.6. The molecule has 0 saturated heterocycles. The molecule has 0 spiro atoms. The summed E-state index contributed by atoms with van der Waals surface area (Å²) in [5, 5.41) is 2.81. The van der Waals surface area contributed by atoms with Gasteiger partial charge in [0.05, 0.1) is 0 Å². The zero-order chi connectivity index (χ0) is 13.7. The monoisotopic (exact) mass is 335 g/mol. The quantitative estimate of drug-likeness (QED) is 0.810. The van der Waals surface area contributed by atoms with E-state index in [1.165, 1.54) is 12.1 Å². The molecule has 1 rings (SSSR count). The van der Waals surface area contributed by atoms with Crippen LogP contribution in [0.2, 0.25) is 0 Å². The Morgan fingerprint density at radius 3 is 2.61 bits per heavy atom. The van der Waals surface area contributed by atoms with Crippen molar-refractivity contribution in [1.82, 2.24) is 5.32 Å². The van der Waals surface area contributed by atoms with E-state index in [0.717, 1.165) is 6.42 Å². The molecule has 1 unspecified atom stereocenters. The molecule has 0 heterocycles. The largest absolute Gasteiger partial charge is 0.348 e. The highest BCUT2D eigenvalue weighted by molar-refractivity contribution is 9.10. The van der Waals surface area contributed by atoms with Crippen LogP contribution in [0.15, 0.2) is 22.7 Å². The van der Waals surface area contributed by atoms with Crippen LogP contribution < -0.4 is 5.32 Å². The van der Waals surface area contributed by atoms with Crippen LogP contribution in [-0.2, 0) is 0 Å². The fraction of sp³-hybridized carbons (Fsp3) is 0.462. The minimum Gasteiger partial charge on any atom is -0.348 e. The second kappa shape index (κ2) is 7.10. The number of carbonyl (C=O) groups is 1. The first-order chi connectivity index (χ1) is 8.42. The molecule has 1 amide bonds. The third kappa shape index (κ3) is 4.94. The summed E-state index contributed by atoms with van der Waals surface area (Å²) in [4.78, 5) is 11.9. The third-order valence-corrected chi connectivity index (χ3v) is 3.23. The number of carbonyl (C=O) groups excluding carboxylic acids is 1. The average molecular weight is 337 g/mol. The highest BCUT2D eigenvalue weighted by atomic mass is 79.9. The summed E-state index contributed by atoms with van der Waals surface area (Å²) in [5.74, 6) is 0.0380. The second-order valence-corrected chi connectivity index (χ2v) is 5.84. The first kappa shape index (κ1) is 15.4. The Hall–Kier alpha value is -0.610. The highest BCUT2D eigenvalue weighted by Crippen LogP contribution is 2.15. The Morgan fingerprint density at radius 1 is 1.44 bits per heavy atom. The van der Waals surface area contributed by atoms with Crippen molar-refractivity contribution in [1.29, 1.82) is 0 Å². The van der Waals surface area contributed by atoms with Gasteiger partial charge in [-0.05, 0) is 30.5 Å². The van der Waals surface area contributed by atoms with Gasteiger partial charge in [0.1, 0.15) is 5.82 Å². The first-order valence-electron chi connectivity index (χ1n) is 5.75. The maximum Gasteiger partial charge on any atom is 0.251 e. The molecule has 2 nitrogen and oxygen atoms in total. The number of alkyl halides is 1. The molecule has 1 N–H and O–H groups in total. The summed E-state index contributed by atoms with van der Waals surface area (Å²) < 4.78 is 13.7. The molecule has 1 aromatic rings. The van der Waals surface area contributed by atoms with E-state index < -0.39 is 5.82 Å². The molecule has 0 aliphatic rings. The van der Waals surface area contributed by atoms with Gasteiger partial charge in [0, 0.05) is 22.0 Å². The minimum absolute atomic E-state index is 0.0961. The molecule has 0 aliphatic heterocycles. The second-order valence-electron chi connectivity index (χ2n) is 4.61. The number of nitrogens with one attached hydrogen (secondary N) is 1. The Labute approximate surface area is 120 Å². The smallest absolute Gasteiger partial charge is 0.251 e. The maximum atomic E-state index is 13.2. The minimum atomic E-state index is -0.444. The topological polar surface area (TPSA) is 29.1 Å². The zero-order valence-electron chi connectivity index (χ0n) is 10.3. The molecule has 0 aliphatic carbocycles. The summed E-state index contributed by atoms with van der Waals surface area (Å²) in [6.45, 7) is 4.12. The molecule has 5 heteroatoms. The van der Waals surface area contributed by atoms with Crippen molar-refractivity contribution in [2.45, 2.75) is 26.3 Å². The van der Waals surface area contributed by atoms with Crippen molar-refractivity contribution in [2.75, 3.05) is 5.88 Å². The molecule has 100 valence electrons. The maximum absolute atomic E-state index is 13.2. The standard InChI is InChI=1S/C13H16BrClFNO/c1-8(2)3-12(7-15)17-13(18)9-4-10(14)6-11(16)5-9/h4-6,8,12H,3,7H2,1-2H3,(H,17,18). The van der Waals surface area contributed by atoms with Crippen molar-refractivity contribution >= 4 is 33.4 Å². The van der Waals surface area contributed by atoms with Gasteiger partial charge in [-0.25, -0.2) is 4.39 Å². The predicted octanol–water partition coefficient (Wildman–Crippen LogP) is 3.97.